The molecule has 2 N–H and O–H groups in total. The maximum absolute atomic E-state index is 12.0. The summed E-state index contributed by atoms with van der Waals surface area (Å²) in [7, 11) is 3.48. The molecule has 0 aliphatic heterocycles. The zero-order chi connectivity index (χ0) is 16.5. The van der Waals surface area contributed by atoms with Crippen molar-refractivity contribution in [2.45, 2.75) is 19.4 Å². The predicted molar refractivity (Wildman–Crippen MR) is 89.9 cm³/mol. The SMILES string of the molecule is COCCCN(C)C(C)C(=O)NC(=O)Nc1ccc(Br)cc1. The lowest BCUT2D eigenvalue weighted by Crippen LogP contribution is -2.47. The molecule has 6 nitrogen and oxygen atoms in total. The molecule has 0 spiro atoms. The van der Waals surface area contributed by atoms with Gasteiger partial charge in [0.1, 0.15) is 0 Å². The van der Waals surface area contributed by atoms with Gasteiger partial charge in [-0.3, -0.25) is 15.0 Å². The van der Waals surface area contributed by atoms with Gasteiger partial charge in [-0.2, -0.15) is 0 Å². The Bertz CT molecular complexity index is 493. The van der Waals surface area contributed by atoms with E-state index in [-0.39, 0.29) is 5.91 Å². The normalized spacial score (nSPS) is 12.0. The number of imide groups is 1. The van der Waals surface area contributed by atoms with E-state index in [1.54, 1.807) is 26.2 Å². The fourth-order valence-electron chi connectivity index (χ4n) is 1.76. The van der Waals surface area contributed by atoms with Gasteiger partial charge in [0.25, 0.3) is 0 Å². The molecular formula is C15H22BrN3O3. The summed E-state index contributed by atoms with van der Waals surface area (Å²) in [5, 5.41) is 4.96. The lowest BCUT2D eigenvalue weighted by atomic mass is 10.2. The van der Waals surface area contributed by atoms with Crippen LogP contribution < -0.4 is 10.6 Å². The fourth-order valence-corrected chi connectivity index (χ4v) is 2.03. The Balaban J connectivity index is 2.42. The zero-order valence-corrected chi connectivity index (χ0v) is 14.6. The first-order valence-corrected chi connectivity index (χ1v) is 7.80. The molecule has 1 rings (SSSR count). The van der Waals surface area contributed by atoms with Crippen LogP contribution in [0.25, 0.3) is 0 Å². The molecule has 22 heavy (non-hydrogen) atoms. The van der Waals surface area contributed by atoms with Gasteiger partial charge in [0.2, 0.25) is 5.91 Å². The molecule has 0 aliphatic carbocycles. The van der Waals surface area contributed by atoms with Crippen LogP contribution in [0, 0.1) is 0 Å². The number of halogens is 1. The van der Waals surface area contributed by atoms with Crippen LogP contribution in [-0.4, -0.2) is 50.2 Å². The number of ether oxygens (including phenoxy) is 1. The standard InChI is InChI=1S/C15H22BrN3O3/c1-11(19(2)9-4-10-22-3)14(20)18-15(21)17-13-7-5-12(16)6-8-13/h5-8,11H,4,9-10H2,1-3H3,(H2,17,18,20,21). The van der Waals surface area contributed by atoms with E-state index in [0.717, 1.165) is 17.4 Å². The number of likely N-dealkylation sites (N-methyl/N-ethyl adjacent to an activating group) is 1. The van der Waals surface area contributed by atoms with Gasteiger partial charge in [0.05, 0.1) is 6.04 Å². The van der Waals surface area contributed by atoms with Crippen molar-refractivity contribution in [2.75, 3.05) is 32.6 Å². The Hall–Kier alpha value is -1.44. The first-order valence-electron chi connectivity index (χ1n) is 7.00. The van der Waals surface area contributed by atoms with Gasteiger partial charge in [0, 0.05) is 30.4 Å². The van der Waals surface area contributed by atoms with Crippen LogP contribution in [0.15, 0.2) is 28.7 Å². The summed E-state index contributed by atoms with van der Waals surface area (Å²) in [4.78, 5) is 25.7. The molecule has 1 atom stereocenters. The molecule has 0 heterocycles. The zero-order valence-electron chi connectivity index (χ0n) is 13.1. The molecule has 7 heteroatoms. The Morgan fingerprint density at radius 2 is 1.95 bits per heavy atom. The van der Waals surface area contributed by atoms with E-state index in [2.05, 4.69) is 26.6 Å². The first-order chi connectivity index (χ1) is 10.4. The number of nitrogens with zero attached hydrogens (tertiary/aromatic N) is 1. The molecule has 0 fully saturated rings. The average Bonchev–Trinajstić information content (AvgIpc) is 2.48. The lowest BCUT2D eigenvalue weighted by molar-refractivity contribution is -0.124. The summed E-state index contributed by atoms with van der Waals surface area (Å²) in [5.74, 6) is -0.338. The van der Waals surface area contributed by atoms with E-state index in [9.17, 15) is 9.59 Å². The third kappa shape index (κ3) is 6.55. The van der Waals surface area contributed by atoms with Crippen LogP contribution in [0.3, 0.4) is 0 Å². The third-order valence-electron chi connectivity index (χ3n) is 3.24. The predicted octanol–water partition coefficient (Wildman–Crippen LogP) is 2.45. The van der Waals surface area contributed by atoms with Crippen LogP contribution in [0.5, 0.6) is 0 Å². The molecular weight excluding hydrogens is 350 g/mol. The summed E-state index contributed by atoms with van der Waals surface area (Å²) in [6, 6.07) is 6.17. The number of hydrogen-bond acceptors (Lipinski definition) is 4. The maximum atomic E-state index is 12.0. The Morgan fingerprint density at radius 1 is 1.32 bits per heavy atom. The minimum atomic E-state index is -0.538. The summed E-state index contributed by atoms with van der Waals surface area (Å²) in [5.41, 5.74) is 0.620. The quantitative estimate of drug-likeness (QED) is 0.722. The number of nitrogens with one attached hydrogen (secondary N) is 2. The maximum Gasteiger partial charge on any atom is 0.325 e. The highest BCUT2D eigenvalue weighted by Crippen LogP contribution is 2.13. The van der Waals surface area contributed by atoms with Gasteiger partial charge in [-0.05, 0) is 44.7 Å². The van der Waals surface area contributed by atoms with Crippen molar-refractivity contribution in [3.63, 3.8) is 0 Å². The molecule has 0 saturated carbocycles. The van der Waals surface area contributed by atoms with Crippen molar-refractivity contribution in [2.24, 2.45) is 0 Å². The second-order valence-corrected chi connectivity index (χ2v) is 5.87. The van der Waals surface area contributed by atoms with Crippen molar-refractivity contribution in [1.29, 1.82) is 0 Å². The van der Waals surface area contributed by atoms with Gasteiger partial charge in [-0.1, -0.05) is 15.9 Å². The highest BCUT2D eigenvalue weighted by Gasteiger charge is 2.19. The molecule has 0 radical (unpaired) electrons. The number of rotatable bonds is 7. The topological polar surface area (TPSA) is 70.7 Å². The van der Waals surface area contributed by atoms with Crippen molar-refractivity contribution < 1.29 is 14.3 Å². The second-order valence-electron chi connectivity index (χ2n) is 4.95. The summed E-state index contributed by atoms with van der Waals surface area (Å²) in [6.07, 6.45) is 0.829. The monoisotopic (exact) mass is 371 g/mol. The number of carbonyl (C=O) groups excluding carboxylic acids is 2. The van der Waals surface area contributed by atoms with Crippen molar-refractivity contribution >= 4 is 33.6 Å². The second kappa shape index (κ2) is 9.55. The largest absolute Gasteiger partial charge is 0.385 e. The number of amides is 3. The number of benzene rings is 1. The van der Waals surface area contributed by atoms with E-state index in [0.29, 0.717) is 12.3 Å². The van der Waals surface area contributed by atoms with Crippen LogP contribution in [0.1, 0.15) is 13.3 Å². The summed E-state index contributed by atoms with van der Waals surface area (Å²) in [6.45, 7) is 3.12. The summed E-state index contributed by atoms with van der Waals surface area (Å²) >= 11 is 3.32. The number of methoxy groups -OCH3 is 1. The number of anilines is 1. The van der Waals surface area contributed by atoms with E-state index < -0.39 is 12.1 Å². The van der Waals surface area contributed by atoms with Crippen molar-refractivity contribution in [3.8, 4) is 0 Å². The fraction of sp³-hybridized carbons (Fsp3) is 0.467. The van der Waals surface area contributed by atoms with Gasteiger partial charge in [0.15, 0.2) is 0 Å². The van der Waals surface area contributed by atoms with Crippen molar-refractivity contribution in [1.82, 2.24) is 10.2 Å². The van der Waals surface area contributed by atoms with E-state index in [1.807, 2.05) is 24.1 Å². The molecule has 0 aliphatic rings. The minimum Gasteiger partial charge on any atom is -0.385 e. The highest BCUT2D eigenvalue weighted by molar-refractivity contribution is 9.10. The molecule has 1 unspecified atom stereocenters. The van der Waals surface area contributed by atoms with Crippen LogP contribution in [0.4, 0.5) is 10.5 Å². The van der Waals surface area contributed by atoms with E-state index in [1.165, 1.54) is 0 Å². The van der Waals surface area contributed by atoms with E-state index >= 15 is 0 Å². The van der Waals surface area contributed by atoms with Gasteiger partial charge < -0.3 is 10.1 Å². The minimum absolute atomic E-state index is 0.338. The number of urea groups is 1. The number of hydrogen-bond donors (Lipinski definition) is 2. The highest BCUT2D eigenvalue weighted by atomic mass is 79.9. The van der Waals surface area contributed by atoms with Gasteiger partial charge >= 0.3 is 6.03 Å². The van der Waals surface area contributed by atoms with Gasteiger partial charge in [-0.25, -0.2) is 4.79 Å². The Kier molecular flexibility index (Phi) is 8.08. The molecule has 122 valence electrons. The molecule has 0 aromatic heterocycles. The van der Waals surface area contributed by atoms with Crippen LogP contribution in [-0.2, 0) is 9.53 Å². The smallest absolute Gasteiger partial charge is 0.325 e. The molecule has 1 aromatic carbocycles. The average molecular weight is 372 g/mol. The molecule has 0 saturated heterocycles. The summed E-state index contributed by atoms with van der Waals surface area (Å²) < 4.78 is 5.89. The molecule has 1 aromatic rings. The first kappa shape index (κ1) is 18.6. The van der Waals surface area contributed by atoms with Crippen molar-refractivity contribution in [3.05, 3.63) is 28.7 Å². The van der Waals surface area contributed by atoms with Crippen LogP contribution in [0.2, 0.25) is 0 Å². The Labute approximate surface area is 139 Å². The Morgan fingerprint density at radius 3 is 2.55 bits per heavy atom. The molecule has 0 bridgehead atoms. The third-order valence-corrected chi connectivity index (χ3v) is 3.77. The lowest BCUT2D eigenvalue weighted by Gasteiger charge is -2.23. The van der Waals surface area contributed by atoms with E-state index in [4.69, 9.17) is 4.74 Å². The van der Waals surface area contributed by atoms with Gasteiger partial charge in [-0.15, -0.1) is 0 Å². The number of carbonyl (C=O) groups is 2. The van der Waals surface area contributed by atoms with Crippen LogP contribution >= 0.6 is 15.9 Å². The molecule has 3 amide bonds.